The van der Waals surface area contributed by atoms with Crippen LogP contribution in [-0.2, 0) is 4.74 Å². The largest absolute Gasteiger partial charge is 0.453 e. The normalized spacial score (nSPS) is 23.8. The van der Waals surface area contributed by atoms with Crippen molar-refractivity contribution in [3.63, 3.8) is 0 Å². The number of hydrogen-bond acceptors (Lipinski definition) is 3. The number of ether oxygens (including phenoxy) is 1. The molecule has 4 nitrogen and oxygen atoms in total. The molecule has 0 saturated carbocycles. The van der Waals surface area contributed by atoms with Crippen LogP contribution in [0.25, 0.3) is 0 Å². The number of aliphatic hydroxyl groups is 1. The molecule has 1 N–H and O–H groups in total. The van der Waals surface area contributed by atoms with E-state index in [1.807, 2.05) is 0 Å². The van der Waals surface area contributed by atoms with Crippen molar-refractivity contribution < 1.29 is 14.6 Å². The number of aliphatic hydroxyl groups excluding tert-OH is 1. The average molecular weight is 131 g/mol. The predicted octanol–water partition coefficient (Wildman–Crippen LogP) is -0.571. The van der Waals surface area contributed by atoms with Gasteiger partial charge in [0.25, 0.3) is 0 Å². The van der Waals surface area contributed by atoms with Crippen molar-refractivity contribution in [2.45, 2.75) is 6.04 Å². The molecule has 1 heterocycles. The zero-order chi connectivity index (χ0) is 6.85. The molecular formula is C5H9NO3. The first-order chi connectivity index (χ1) is 4.29. The van der Waals surface area contributed by atoms with Crippen molar-refractivity contribution >= 4 is 6.09 Å². The molecule has 52 valence electrons. The van der Waals surface area contributed by atoms with E-state index < -0.39 is 0 Å². The van der Waals surface area contributed by atoms with E-state index in [1.54, 1.807) is 0 Å². The number of carbonyl (C=O) groups excluding carboxylic acids is 1. The van der Waals surface area contributed by atoms with E-state index >= 15 is 0 Å². The van der Waals surface area contributed by atoms with Gasteiger partial charge >= 0.3 is 6.09 Å². The standard InChI is InChI=1S/C5H9NO3/c1-9-5(8)6-2-4(6)3-7/h4,7H,2-3H2,1H3/t4-,6?/m0/s1. The smallest absolute Gasteiger partial charge is 0.409 e. The van der Waals surface area contributed by atoms with Crippen LogP contribution in [0, 0.1) is 0 Å². The fourth-order valence-corrected chi connectivity index (χ4v) is 0.677. The number of amides is 1. The van der Waals surface area contributed by atoms with Gasteiger partial charge in [0.1, 0.15) is 0 Å². The summed E-state index contributed by atoms with van der Waals surface area (Å²) in [5.74, 6) is 0. The second-order valence-electron chi connectivity index (χ2n) is 1.96. The minimum absolute atomic E-state index is 0.0115. The molecule has 1 fully saturated rings. The van der Waals surface area contributed by atoms with E-state index in [2.05, 4.69) is 4.74 Å². The Morgan fingerprint density at radius 1 is 2.00 bits per heavy atom. The van der Waals surface area contributed by atoms with Gasteiger partial charge in [0, 0.05) is 6.54 Å². The van der Waals surface area contributed by atoms with Crippen LogP contribution in [0.2, 0.25) is 0 Å². The highest BCUT2D eigenvalue weighted by atomic mass is 16.5. The van der Waals surface area contributed by atoms with Gasteiger partial charge in [-0.2, -0.15) is 0 Å². The Kier molecular flexibility index (Phi) is 1.57. The topological polar surface area (TPSA) is 49.5 Å². The van der Waals surface area contributed by atoms with Gasteiger partial charge in [-0.05, 0) is 0 Å². The molecule has 0 spiro atoms. The van der Waals surface area contributed by atoms with Gasteiger partial charge in [-0.1, -0.05) is 0 Å². The number of carbonyl (C=O) groups is 1. The van der Waals surface area contributed by atoms with Gasteiger partial charge in [-0.15, -0.1) is 0 Å². The van der Waals surface area contributed by atoms with E-state index in [4.69, 9.17) is 5.11 Å². The third kappa shape index (κ3) is 1.13. The third-order valence-corrected chi connectivity index (χ3v) is 1.33. The minimum atomic E-state index is -0.353. The molecule has 1 rings (SSSR count). The monoisotopic (exact) mass is 131 g/mol. The summed E-state index contributed by atoms with van der Waals surface area (Å²) in [6.07, 6.45) is -0.353. The fraction of sp³-hybridized carbons (Fsp3) is 0.800. The lowest BCUT2D eigenvalue weighted by molar-refractivity contribution is 0.148. The Balaban J connectivity index is 2.25. The fourth-order valence-electron chi connectivity index (χ4n) is 0.677. The molecule has 1 aliphatic rings. The van der Waals surface area contributed by atoms with Crippen LogP contribution < -0.4 is 0 Å². The highest BCUT2D eigenvalue weighted by molar-refractivity contribution is 5.70. The van der Waals surface area contributed by atoms with Crippen LogP contribution in [0.3, 0.4) is 0 Å². The van der Waals surface area contributed by atoms with Gasteiger partial charge < -0.3 is 9.84 Å². The molecule has 0 bridgehead atoms. The van der Waals surface area contributed by atoms with Crippen molar-refractivity contribution in [3.8, 4) is 0 Å². The lowest BCUT2D eigenvalue weighted by Crippen LogP contribution is -2.14. The second-order valence-corrected chi connectivity index (χ2v) is 1.96. The summed E-state index contributed by atoms with van der Waals surface area (Å²) >= 11 is 0. The summed E-state index contributed by atoms with van der Waals surface area (Å²) in [6.45, 7) is 0.665. The van der Waals surface area contributed by atoms with Crippen LogP contribution in [0.5, 0.6) is 0 Å². The Bertz CT molecular complexity index is 125. The Morgan fingerprint density at radius 3 is 3.00 bits per heavy atom. The van der Waals surface area contributed by atoms with Crippen LogP contribution in [-0.4, -0.2) is 42.4 Å². The van der Waals surface area contributed by atoms with E-state index in [0.717, 1.165) is 0 Å². The van der Waals surface area contributed by atoms with Crippen molar-refractivity contribution in [2.75, 3.05) is 20.3 Å². The molecular weight excluding hydrogens is 122 g/mol. The van der Waals surface area contributed by atoms with E-state index in [-0.39, 0.29) is 18.7 Å². The summed E-state index contributed by atoms with van der Waals surface area (Å²) in [5, 5.41) is 8.47. The van der Waals surface area contributed by atoms with E-state index in [0.29, 0.717) is 6.54 Å². The average Bonchev–Trinajstić information content (AvgIpc) is 2.64. The van der Waals surface area contributed by atoms with Crippen LogP contribution in [0.4, 0.5) is 4.79 Å². The van der Waals surface area contributed by atoms with Crippen molar-refractivity contribution in [1.82, 2.24) is 4.90 Å². The molecule has 9 heavy (non-hydrogen) atoms. The number of rotatable bonds is 1. The maximum absolute atomic E-state index is 10.5. The first-order valence-corrected chi connectivity index (χ1v) is 2.75. The highest BCUT2D eigenvalue weighted by Gasteiger charge is 2.38. The molecule has 0 aromatic heterocycles. The quantitative estimate of drug-likeness (QED) is 0.485. The molecule has 1 atom stereocenters. The molecule has 1 saturated heterocycles. The first-order valence-electron chi connectivity index (χ1n) is 2.75. The van der Waals surface area contributed by atoms with Crippen molar-refractivity contribution in [2.24, 2.45) is 0 Å². The van der Waals surface area contributed by atoms with Crippen LogP contribution >= 0.6 is 0 Å². The summed E-state index contributed by atoms with van der Waals surface area (Å²) in [6, 6.07) is 0.0115. The second kappa shape index (κ2) is 2.23. The Morgan fingerprint density at radius 2 is 2.67 bits per heavy atom. The maximum atomic E-state index is 10.5. The third-order valence-electron chi connectivity index (χ3n) is 1.33. The predicted molar refractivity (Wildman–Crippen MR) is 30.0 cm³/mol. The van der Waals surface area contributed by atoms with Gasteiger partial charge in [0.05, 0.1) is 19.8 Å². The van der Waals surface area contributed by atoms with Gasteiger partial charge in [-0.3, -0.25) is 4.90 Å². The summed E-state index contributed by atoms with van der Waals surface area (Å²) < 4.78 is 4.38. The summed E-state index contributed by atoms with van der Waals surface area (Å²) in [4.78, 5) is 12.0. The van der Waals surface area contributed by atoms with Gasteiger partial charge in [0.15, 0.2) is 0 Å². The Labute approximate surface area is 53.0 Å². The lowest BCUT2D eigenvalue weighted by atomic mass is 10.5. The van der Waals surface area contributed by atoms with E-state index in [1.165, 1.54) is 12.0 Å². The zero-order valence-electron chi connectivity index (χ0n) is 5.20. The highest BCUT2D eigenvalue weighted by Crippen LogP contribution is 2.16. The molecule has 0 unspecified atom stereocenters. The SMILES string of the molecule is COC(=O)N1C[C@H]1CO. The number of hydrogen-bond donors (Lipinski definition) is 1. The first kappa shape index (κ1) is 6.35. The molecule has 0 aromatic rings. The number of methoxy groups -OCH3 is 1. The number of nitrogens with zero attached hydrogens (tertiary/aromatic N) is 1. The molecule has 1 aliphatic heterocycles. The summed E-state index contributed by atoms with van der Waals surface area (Å²) in [5.41, 5.74) is 0. The Hall–Kier alpha value is -0.770. The van der Waals surface area contributed by atoms with Gasteiger partial charge in [0.2, 0.25) is 0 Å². The molecule has 1 amide bonds. The molecule has 0 radical (unpaired) electrons. The van der Waals surface area contributed by atoms with Crippen molar-refractivity contribution in [1.29, 1.82) is 0 Å². The summed E-state index contributed by atoms with van der Waals surface area (Å²) in [7, 11) is 1.33. The molecule has 0 aliphatic carbocycles. The molecule has 0 aromatic carbocycles. The van der Waals surface area contributed by atoms with Crippen molar-refractivity contribution in [3.05, 3.63) is 0 Å². The maximum Gasteiger partial charge on any atom is 0.409 e. The van der Waals surface area contributed by atoms with E-state index in [9.17, 15) is 4.79 Å². The zero-order valence-corrected chi connectivity index (χ0v) is 5.20. The van der Waals surface area contributed by atoms with Crippen LogP contribution in [0.1, 0.15) is 0 Å². The lowest BCUT2D eigenvalue weighted by Gasteiger charge is -1.97. The minimum Gasteiger partial charge on any atom is -0.453 e. The van der Waals surface area contributed by atoms with Crippen LogP contribution in [0.15, 0.2) is 0 Å². The van der Waals surface area contributed by atoms with Gasteiger partial charge in [-0.25, -0.2) is 4.79 Å². The molecule has 4 heteroatoms.